The molecule has 4 rings (SSSR count). The fraction of sp³-hybridized carbons (Fsp3) is 0.333. The third-order valence-electron chi connectivity index (χ3n) is 4.65. The van der Waals surface area contributed by atoms with Crippen molar-refractivity contribution in [1.29, 1.82) is 0 Å². The van der Waals surface area contributed by atoms with Crippen molar-refractivity contribution in [2.75, 3.05) is 13.1 Å². The Hall–Kier alpha value is -2.18. The van der Waals surface area contributed by atoms with Crippen molar-refractivity contribution in [3.05, 3.63) is 54.4 Å². The molecule has 1 atom stereocenters. The summed E-state index contributed by atoms with van der Waals surface area (Å²) in [6.45, 7) is 1.47. The predicted octanol–water partition coefficient (Wildman–Crippen LogP) is 3.23. The van der Waals surface area contributed by atoms with Crippen LogP contribution in [-0.4, -0.2) is 43.4 Å². The van der Waals surface area contributed by atoms with E-state index >= 15 is 0 Å². The number of hydrogen-bond donors (Lipinski definition) is 0. The molecule has 1 aliphatic rings. The summed E-state index contributed by atoms with van der Waals surface area (Å²) in [6.07, 6.45) is 7.35. The average molecular weight is 394 g/mol. The molecule has 138 valence electrons. The number of likely N-dealkylation sites (tertiary alicyclic amines) is 1. The first-order valence-corrected chi connectivity index (χ1v) is 8.19. The molecule has 8 heteroatoms. The first kappa shape index (κ1) is 20.1. The lowest BCUT2D eigenvalue weighted by atomic mass is 9.95. The molecule has 1 fully saturated rings. The molecule has 2 aromatic heterocycles. The Bertz CT molecular complexity index is 898. The van der Waals surface area contributed by atoms with E-state index in [9.17, 15) is 4.79 Å². The summed E-state index contributed by atoms with van der Waals surface area (Å²) in [5, 5.41) is 0. The number of carbonyl (C=O) groups excluding carboxylic acids is 1. The van der Waals surface area contributed by atoms with E-state index in [1.54, 1.807) is 6.20 Å². The number of piperidine rings is 1. The summed E-state index contributed by atoms with van der Waals surface area (Å²) in [5.41, 5.74) is 3.15. The quantitative estimate of drug-likeness (QED) is 0.670. The van der Waals surface area contributed by atoms with Gasteiger partial charge in [-0.1, -0.05) is 12.1 Å². The van der Waals surface area contributed by atoms with E-state index in [1.165, 1.54) is 5.69 Å². The number of benzene rings is 1. The second-order valence-corrected chi connectivity index (χ2v) is 6.26. The van der Waals surface area contributed by atoms with Crippen molar-refractivity contribution in [3.8, 4) is 0 Å². The van der Waals surface area contributed by atoms with Crippen LogP contribution in [0.15, 0.2) is 43.0 Å². The lowest BCUT2D eigenvalue weighted by Gasteiger charge is -2.32. The molecule has 0 saturated carbocycles. The van der Waals surface area contributed by atoms with Gasteiger partial charge in [0.15, 0.2) is 0 Å². The monoisotopic (exact) mass is 393 g/mol. The highest BCUT2D eigenvalue weighted by molar-refractivity contribution is 5.93. The SMILES string of the molecule is Cl.Cl.Cn1cncc1C1CCCN(C(=O)c2cnc3ccccc3n2)C1. The molecule has 3 heterocycles. The number of amides is 1. The van der Waals surface area contributed by atoms with Crippen molar-refractivity contribution in [2.45, 2.75) is 18.8 Å². The van der Waals surface area contributed by atoms with Gasteiger partial charge in [0.05, 0.1) is 23.6 Å². The molecule has 1 unspecified atom stereocenters. The first-order valence-electron chi connectivity index (χ1n) is 8.19. The van der Waals surface area contributed by atoms with Gasteiger partial charge in [-0.25, -0.2) is 9.97 Å². The van der Waals surface area contributed by atoms with Crippen LogP contribution < -0.4 is 0 Å². The fourth-order valence-electron chi connectivity index (χ4n) is 3.39. The molecule has 1 amide bonds. The lowest BCUT2D eigenvalue weighted by Crippen LogP contribution is -2.39. The van der Waals surface area contributed by atoms with Gasteiger partial charge in [-0.15, -0.1) is 24.8 Å². The molecule has 1 aromatic carbocycles. The zero-order chi connectivity index (χ0) is 16.5. The number of rotatable bonds is 2. The number of fused-ring (bicyclic) bond motifs is 1. The molecular weight excluding hydrogens is 373 g/mol. The fourth-order valence-corrected chi connectivity index (χ4v) is 3.39. The van der Waals surface area contributed by atoms with Crippen molar-refractivity contribution in [3.63, 3.8) is 0 Å². The number of aromatic nitrogens is 4. The maximum Gasteiger partial charge on any atom is 0.274 e. The zero-order valence-electron chi connectivity index (χ0n) is 14.4. The van der Waals surface area contributed by atoms with Crippen molar-refractivity contribution >= 4 is 41.8 Å². The van der Waals surface area contributed by atoms with Crippen molar-refractivity contribution < 1.29 is 4.79 Å². The molecule has 3 aromatic rings. The van der Waals surface area contributed by atoms with E-state index in [0.29, 0.717) is 18.2 Å². The van der Waals surface area contributed by atoms with Gasteiger partial charge < -0.3 is 9.47 Å². The van der Waals surface area contributed by atoms with Crippen molar-refractivity contribution in [1.82, 2.24) is 24.4 Å². The third-order valence-corrected chi connectivity index (χ3v) is 4.65. The molecular formula is C18H21Cl2N5O. The van der Waals surface area contributed by atoms with E-state index in [1.807, 2.05) is 53.3 Å². The highest BCUT2D eigenvalue weighted by Crippen LogP contribution is 2.27. The van der Waals surface area contributed by atoms with Gasteiger partial charge in [0, 0.05) is 37.9 Å². The topological polar surface area (TPSA) is 63.9 Å². The Morgan fingerprint density at radius 1 is 1.15 bits per heavy atom. The highest BCUT2D eigenvalue weighted by atomic mass is 35.5. The van der Waals surface area contributed by atoms with Crippen molar-refractivity contribution in [2.24, 2.45) is 7.05 Å². The summed E-state index contributed by atoms with van der Waals surface area (Å²) in [4.78, 5) is 27.8. The highest BCUT2D eigenvalue weighted by Gasteiger charge is 2.27. The second-order valence-electron chi connectivity index (χ2n) is 6.26. The van der Waals surface area contributed by atoms with E-state index in [0.717, 1.165) is 30.4 Å². The van der Waals surface area contributed by atoms with Gasteiger partial charge in [0.1, 0.15) is 5.69 Å². The van der Waals surface area contributed by atoms with Crippen LogP contribution in [0.5, 0.6) is 0 Å². The Kier molecular flexibility index (Phi) is 6.56. The van der Waals surface area contributed by atoms with Gasteiger partial charge >= 0.3 is 0 Å². The smallest absolute Gasteiger partial charge is 0.274 e. The van der Waals surface area contributed by atoms with E-state index < -0.39 is 0 Å². The van der Waals surface area contributed by atoms with Crippen LogP contribution in [0.25, 0.3) is 11.0 Å². The van der Waals surface area contributed by atoms with Gasteiger partial charge in [0.25, 0.3) is 5.91 Å². The normalized spacial score (nSPS) is 16.7. The minimum Gasteiger partial charge on any atom is -0.337 e. The Balaban J connectivity index is 0.00000121. The maximum absolute atomic E-state index is 12.8. The van der Waals surface area contributed by atoms with E-state index in [2.05, 4.69) is 15.0 Å². The lowest BCUT2D eigenvalue weighted by molar-refractivity contribution is 0.0699. The number of para-hydroxylation sites is 2. The molecule has 0 spiro atoms. The summed E-state index contributed by atoms with van der Waals surface area (Å²) >= 11 is 0. The zero-order valence-corrected chi connectivity index (χ0v) is 16.0. The minimum absolute atomic E-state index is 0. The number of halogens is 2. The summed E-state index contributed by atoms with van der Waals surface area (Å²) in [5.74, 6) is 0.281. The molecule has 26 heavy (non-hydrogen) atoms. The third kappa shape index (κ3) is 3.81. The summed E-state index contributed by atoms with van der Waals surface area (Å²) < 4.78 is 2.04. The van der Waals surface area contributed by atoms with Crippen LogP contribution in [0, 0.1) is 0 Å². The number of nitrogens with zero attached hydrogens (tertiary/aromatic N) is 5. The second kappa shape index (κ2) is 8.47. The molecule has 0 N–H and O–H groups in total. The number of carbonyl (C=O) groups is 1. The number of imidazole rings is 1. The minimum atomic E-state index is -0.0416. The molecule has 0 aliphatic carbocycles. The largest absolute Gasteiger partial charge is 0.337 e. The Morgan fingerprint density at radius 2 is 1.92 bits per heavy atom. The standard InChI is InChI=1S/C18H19N5O.2ClH/c1-22-12-19-10-17(22)13-5-4-8-23(11-13)18(24)16-9-20-14-6-2-3-7-15(14)21-16;;/h2-3,6-7,9-10,12-13H,4-5,8,11H2,1H3;2*1H. The predicted molar refractivity (Wildman–Crippen MR) is 105 cm³/mol. The summed E-state index contributed by atoms with van der Waals surface area (Å²) in [6, 6.07) is 7.61. The molecule has 1 aliphatic heterocycles. The van der Waals surface area contributed by atoms with Crippen LogP contribution >= 0.6 is 24.8 Å². The van der Waals surface area contributed by atoms with Crippen LogP contribution in [-0.2, 0) is 7.05 Å². The first-order chi connectivity index (χ1) is 11.7. The van der Waals surface area contributed by atoms with Crippen LogP contribution in [0.3, 0.4) is 0 Å². The Labute approximate surface area is 164 Å². The molecule has 0 radical (unpaired) electrons. The molecule has 6 nitrogen and oxygen atoms in total. The van der Waals surface area contributed by atoms with Gasteiger partial charge in [-0.05, 0) is 25.0 Å². The van der Waals surface area contributed by atoms with Crippen LogP contribution in [0.4, 0.5) is 0 Å². The van der Waals surface area contributed by atoms with Crippen LogP contribution in [0.2, 0.25) is 0 Å². The number of aryl methyl sites for hydroxylation is 1. The van der Waals surface area contributed by atoms with Crippen LogP contribution in [0.1, 0.15) is 34.9 Å². The van der Waals surface area contributed by atoms with Gasteiger partial charge in [0.2, 0.25) is 0 Å². The van der Waals surface area contributed by atoms with E-state index in [4.69, 9.17) is 0 Å². The Morgan fingerprint density at radius 3 is 2.65 bits per heavy atom. The summed E-state index contributed by atoms with van der Waals surface area (Å²) in [7, 11) is 2.00. The average Bonchev–Trinajstić information content (AvgIpc) is 3.07. The molecule has 0 bridgehead atoms. The van der Waals surface area contributed by atoms with Gasteiger partial charge in [-0.2, -0.15) is 0 Å². The number of hydrogen-bond acceptors (Lipinski definition) is 4. The maximum atomic E-state index is 12.8. The van der Waals surface area contributed by atoms with E-state index in [-0.39, 0.29) is 30.7 Å². The van der Waals surface area contributed by atoms with Gasteiger partial charge in [-0.3, -0.25) is 9.78 Å². The molecule has 1 saturated heterocycles.